The number of para-hydroxylation sites is 4. The number of rotatable bonds is 3. The Morgan fingerprint density at radius 1 is 0.177 bits per heavy atom. The highest BCUT2D eigenvalue weighted by atomic mass is 15.0. The van der Waals surface area contributed by atoms with Crippen LogP contribution >= 0.6 is 0 Å². The number of hydrogen-bond acceptors (Lipinski definition) is 0. The van der Waals surface area contributed by atoms with Gasteiger partial charge in [0, 0.05) is 32.9 Å². The molecule has 0 aliphatic rings. The molecular weight excluding hydrogens is 749 g/mol. The van der Waals surface area contributed by atoms with E-state index in [4.69, 9.17) is 0 Å². The monoisotopic (exact) mass is 788 g/mol. The highest BCUT2D eigenvalue weighted by Gasteiger charge is 2.14. The quantitative estimate of drug-likeness (QED) is 0.169. The van der Waals surface area contributed by atoms with Crippen LogP contribution in [-0.4, -0.2) is 9.13 Å². The maximum Gasteiger partial charge on any atom is 0.0540 e. The average Bonchev–Trinajstić information content (AvgIpc) is 3.42. The fraction of sp³-hybridized carbons (Fsp3) is 0. The summed E-state index contributed by atoms with van der Waals surface area (Å²) in [5, 5.41) is 14.5. The first-order valence-electron chi connectivity index (χ1n) is 21.4. The lowest BCUT2D eigenvalue weighted by atomic mass is 10.0. The van der Waals surface area contributed by atoms with Crippen molar-refractivity contribution in [1.82, 2.24) is 9.13 Å². The first-order valence-corrected chi connectivity index (χ1v) is 21.4. The minimum Gasteiger partial charge on any atom is -0.309 e. The van der Waals surface area contributed by atoms with Gasteiger partial charge in [-0.15, -0.1) is 0 Å². The zero-order valence-electron chi connectivity index (χ0n) is 34.0. The van der Waals surface area contributed by atoms with Crippen LogP contribution in [-0.2, 0) is 0 Å². The van der Waals surface area contributed by atoms with Crippen molar-refractivity contribution in [2.24, 2.45) is 0 Å². The van der Waals surface area contributed by atoms with Gasteiger partial charge >= 0.3 is 0 Å². The third-order valence-electron chi connectivity index (χ3n) is 12.6. The minimum atomic E-state index is 1.09. The predicted molar refractivity (Wildman–Crippen MR) is 266 cm³/mol. The molecule has 0 amide bonds. The zero-order valence-corrected chi connectivity index (χ0v) is 34.0. The number of aromatic nitrogens is 2. The second-order valence-electron chi connectivity index (χ2n) is 16.0. The zero-order chi connectivity index (χ0) is 41.0. The fourth-order valence-electron chi connectivity index (χ4n) is 9.86. The molecule has 0 spiro atoms. The lowest BCUT2D eigenvalue weighted by Gasteiger charge is -2.16. The summed E-state index contributed by atoms with van der Waals surface area (Å²) in [5.74, 6) is 0. The van der Waals surface area contributed by atoms with Gasteiger partial charge < -0.3 is 9.13 Å². The molecule has 10 aromatic carbocycles. The molecule has 0 saturated heterocycles. The first-order chi connectivity index (χ1) is 30.8. The van der Waals surface area contributed by atoms with Gasteiger partial charge in [0.05, 0.1) is 22.1 Å². The molecule has 0 radical (unpaired) electrons. The van der Waals surface area contributed by atoms with Gasteiger partial charge in [-0.3, -0.25) is 0 Å². The lowest BCUT2D eigenvalue weighted by Crippen LogP contribution is -1.99. The molecule has 2 heterocycles. The first kappa shape index (κ1) is 35.7. The van der Waals surface area contributed by atoms with Gasteiger partial charge in [0.1, 0.15) is 0 Å². The Bertz CT molecular complexity index is 3420. The molecule has 2 heteroatoms. The Labute approximate surface area is 359 Å². The third-order valence-corrected chi connectivity index (χ3v) is 12.6. The Balaban J connectivity index is 1.16. The molecule has 0 atom stereocenters. The SMILES string of the molecule is c1cc(-c2cccc(-n3c4ccccc4c4ccccc4c4ccccc4c4ccccc43)c2)cc(-n2c3ccccc3c3ccccc3c3ccccc3c3ccccc32)c1. The van der Waals surface area contributed by atoms with Crippen LogP contribution in [0.4, 0.5) is 0 Å². The lowest BCUT2D eigenvalue weighted by molar-refractivity contribution is 1.16. The fourth-order valence-corrected chi connectivity index (χ4v) is 9.86. The summed E-state index contributed by atoms with van der Waals surface area (Å²) < 4.78 is 4.92. The van der Waals surface area contributed by atoms with E-state index < -0.39 is 0 Å². The summed E-state index contributed by atoms with van der Waals surface area (Å²) in [7, 11) is 0. The van der Waals surface area contributed by atoms with Crippen LogP contribution in [0.2, 0.25) is 0 Å². The Morgan fingerprint density at radius 3 is 0.645 bits per heavy atom. The average molecular weight is 789 g/mol. The maximum atomic E-state index is 2.46. The molecule has 0 unspecified atom stereocenters. The van der Waals surface area contributed by atoms with E-state index in [0.29, 0.717) is 0 Å². The van der Waals surface area contributed by atoms with Crippen molar-refractivity contribution in [1.29, 1.82) is 0 Å². The van der Waals surface area contributed by atoms with Crippen molar-refractivity contribution >= 4 is 86.7 Å². The van der Waals surface area contributed by atoms with E-state index in [1.54, 1.807) is 0 Å². The molecule has 2 nitrogen and oxygen atoms in total. The molecule has 0 aliphatic heterocycles. The summed E-state index contributed by atoms with van der Waals surface area (Å²) in [4.78, 5) is 0. The molecule has 0 bridgehead atoms. The number of nitrogens with zero attached hydrogens (tertiary/aromatic N) is 2. The van der Waals surface area contributed by atoms with Crippen molar-refractivity contribution < 1.29 is 0 Å². The molecule has 2 aromatic heterocycles. The van der Waals surface area contributed by atoms with E-state index in [1.807, 2.05) is 0 Å². The molecule has 0 aliphatic carbocycles. The highest BCUT2D eigenvalue weighted by molar-refractivity contribution is 6.21. The molecule has 0 fully saturated rings. The van der Waals surface area contributed by atoms with E-state index in [0.717, 1.165) is 44.6 Å². The number of benzene rings is 10. The van der Waals surface area contributed by atoms with Gasteiger partial charge in [0.15, 0.2) is 0 Å². The van der Waals surface area contributed by atoms with Crippen LogP contribution in [0.25, 0.3) is 109 Å². The Kier molecular flexibility index (Phi) is 8.53. The summed E-state index contributed by atoms with van der Waals surface area (Å²) in [5.41, 5.74) is 9.01. The summed E-state index contributed by atoms with van der Waals surface area (Å²) in [6.45, 7) is 0. The largest absolute Gasteiger partial charge is 0.309 e. The van der Waals surface area contributed by atoms with Gasteiger partial charge in [-0.1, -0.05) is 194 Å². The maximum absolute atomic E-state index is 2.46. The van der Waals surface area contributed by atoms with E-state index in [1.165, 1.54) is 64.6 Å². The molecule has 290 valence electrons. The summed E-state index contributed by atoms with van der Waals surface area (Å²) >= 11 is 0. The Hall–Kier alpha value is -8.20. The van der Waals surface area contributed by atoms with Gasteiger partial charge in [-0.05, 0) is 103 Å². The second kappa shape index (κ2) is 14.8. The molecular formula is C60H40N2. The number of fused-ring (bicyclic) bond motifs is 14. The van der Waals surface area contributed by atoms with Crippen LogP contribution in [0, 0.1) is 0 Å². The van der Waals surface area contributed by atoms with Gasteiger partial charge in [-0.25, -0.2) is 0 Å². The van der Waals surface area contributed by atoms with E-state index >= 15 is 0 Å². The van der Waals surface area contributed by atoms with Gasteiger partial charge in [-0.2, -0.15) is 0 Å². The normalized spacial score (nSPS) is 11.5. The molecule has 12 rings (SSSR count). The second-order valence-corrected chi connectivity index (χ2v) is 16.0. The smallest absolute Gasteiger partial charge is 0.0540 e. The van der Waals surface area contributed by atoms with Crippen molar-refractivity contribution in [2.45, 2.75) is 0 Å². The van der Waals surface area contributed by atoms with Crippen LogP contribution in [0.5, 0.6) is 0 Å². The van der Waals surface area contributed by atoms with Gasteiger partial charge in [0.25, 0.3) is 0 Å². The van der Waals surface area contributed by atoms with E-state index in [2.05, 4.69) is 252 Å². The van der Waals surface area contributed by atoms with Crippen LogP contribution in [0.3, 0.4) is 0 Å². The van der Waals surface area contributed by atoms with E-state index in [9.17, 15) is 0 Å². The Morgan fingerprint density at radius 2 is 0.387 bits per heavy atom. The predicted octanol–water partition coefficient (Wildman–Crippen LogP) is 16.4. The van der Waals surface area contributed by atoms with Crippen molar-refractivity contribution in [3.8, 4) is 22.5 Å². The molecule has 62 heavy (non-hydrogen) atoms. The molecule has 0 saturated carbocycles. The topological polar surface area (TPSA) is 9.86 Å². The van der Waals surface area contributed by atoms with Crippen LogP contribution in [0.1, 0.15) is 0 Å². The summed E-state index contributed by atoms with van der Waals surface area (Å²) in [6.07, 6.45) is 0. The third kappa shape index (κ3) is 5.80. The minimum absolute atomic E-state index is 1.09. The van der Waals surface area contributed by atoms with Crippen molar-refractivity contribution in [3.05, 3.63) is 243 Å². The molecule has 12 aromatic rings. The van der Waals surface area contributed by atoms with Crippen molar-refractivity contribution in [2.75, 3.05) is 0 Å². The van der Waals surface area contributed by atoms with Gasteiger partial charge in [0.2, 0.25) is 0 Å². The van der Waals surface area contributed by atoms with Crippen LogP contribution in [0.15, 0.2) is 243 Å². The highest BCUT2D eigenvalue weighted by Crippen LogP contribution is 2.37. The molecule has 0 N–H and O–H groups in total. The van der Waals surface area contributed by atoms with E-state index in [-0.39, 0.29) is 0 Å². The summed E-state index contributed by atoms with van der Waals surface area (Å²) in [6, 6.07) is 88.9. The van der Waals surface area contributed by atoms with Crippen LogP contribution < -0.4 is 0 Å². The van der Waals surface area contributed by atoms with Crippen molar-refractivity contribution in [3.63, 3.8) is 0 Å². The standard InChI is InChI=1S/C60H40N2/c1-5-27-49-45(23-1)46-24-2-6-28-50(46)54-32-10-14-36-58(54)61(57-35-13-9-31-53(49)57)43-21-17-19-41(39-43)42-20-18-22-44(40-42)62-59-37-15-11-33-55(59)51-29-7-3-25-47(51)48-26-4-8-30-52(48)56-34-12-16-38-60(56)62/h1-40H. The number of hydrogen-bond donors (Lipinski definition) is 0.